The number of hydrogen-bond donors (Lipinski definition) is 0. The highest BCUT2D eigenvalue weighted by Crippen LogP contribution is 2.21. The Morgan fingerprint density at radius 2 is 2.08 bits per heavy atom. The van der Waals surface area contributed by atoms with Crippen molar-refractivity contribution in [1.82, 2.24) is 0 Å². The van der Waals surface area contributed by atoms with Crippen LogP contribution in [0.3, 0.4) is 0 Å². The Labute approximate surface area is 74.7 Å². The predicted octanol–water partition coefficient (Wildman–Crippen LogP) is 1.80. The molecule has 4 nitrogen and oxygen atoms in total. The van der Waals surface area contributed by atoms with Crippen LogP contribution >= 0.6 is 0 Å². The second-order valence-corrected chi connectivity index (χ2v) is 2.79. The third-order valence-electron chi connectivity index (χ3n) is 1.64. The molecule has 0 amide bonds. The van der Waals surface area contributed by atoms with E-state index in [1.807, 2.05) is 0 Å². The molecule has 0 heterocycles. The highest BCUT2D eigenvalue weighted by atomic mass is 19.1. The summed E-state index contributed by atoms with van der Waals surface area (Å²) in [6.07, 6.45) is 0. The predicted molar refractivity (Wildman–Crippen MR) is 47.4 cm³/mol. The number of halogens is 1. The maximum atomic E-state index is 13.0. The first-order valence-electron chi connectivity index (χ1n) is 3.63. The monoisotopic (exact) mass is 184 g/mol. The summed E-state index contributed by atoms with van der Waals surface area (Å²) in [6, 6.07) is 3.80. The van der Waals surface area contributed by atoms with Crippen LogP contribution in [0.15, 0.2) is 18.2 Å². The maximum absolute atomic E-state index is 13.0. The van der Waals surface area contributed by atoms with Crippen molar-refractivity contribution in [2.24, 2.45) is 0 Å². The molecular formula is C8H9FN2O2. The van der Waals surface area contributed by atoms with E-state index in [9.17, 15) is 14.5 Å². The normalized spacial score (nSPS) is 9.77. The number of nitro benzene ring substituents is 1. The van der Waals surface area contributed by atoms with Crippen molar-refractivity contribution in [1.29, 1.82) is 0 Å². The van der Waals surface area contributed by atoms with Crippen molar-refractivity contribution in [3.8, 4) is 0 Å². The van der Waals surface area contributed by atoms with Crippen LogP contribution in [0.2, 0.25) is 0 Å². The zero-order valence-electron chi connectivity index (χ0n) is 7.32. The number of hydrogen-bond acceptors (Lipinski definition) is 3. The van der Waals surface area contributed by atoms with Crippen LogP contribution in [0.25, 0.3) is 0 Å². The molecule has 0 unspecified atom stereocenters. The van der Waals surface area contributed by atoms with E-state index in [2.05, 4.69) is 0 Å². The Bertz CT molecular complexity index is 339. The van der Waals surface area contributed by atoms with E-state index in [0.717, 1.165) is 12.1 Å². The van der Waals surface area contributed by atoms with Crippen LogP contribution in [0.4, 0.5) is 15.8 Å². The minimum Gasteiger partial charge on any atom is -0.378 e. The van der Waals surface area contributed by atoms with Gasteiger partial charge in [0.05, 0.1) is 4.92 Å². The smallest absolute Gasteiger partial charge is 0.304 e. The molecule has 0 radical (unpaired) electrons. The fourth-order valence-corrected chi connectivity index (χ4v) is 0.922. The van der Waals surface area contributed by atoms with Gasteiger partial charge >= 0.3 is 5.69 Å². The average Bonchev–Trinajstić information content (AvgIpc) is 2.03. The average molecular weight is 184 g/mol. The Morgan fingerprint density at radius 1 is 1.46 bits per heavy atom. The van der Waals surface area contributed by atoms with Crippen LogP contribution in [0, 0.1) is 15.9 Å². The second-order valence-electron chi connectivity index (χ2n) is 2.79. The molecule has 0 aliphatic carbocycles. The summed E-state index contributed by atoms with van der Waals surface area (Å²) in [5.41, 5.74) is 0.105. The molecule has 0 aromatic heterocycles. The first-order valence-corrected chi connectivity index (χ1v) is 3.63. The first kappa shape index (κ1) is 9.44. The fraction of sp³-hybridized carbons (Fsp3) is 0.250. The van der Waals surface area contributed by atoms with Crippen molar-refractivity contribution in [2.45, 2.75) is 0 Å². The molecule has 0 aliphatic heterocycles. The number of nitro groups is 1. The lowest BCUT2D eigenvalue weighted by molar-refractivity contribution is -0.387. The van der Waals surface area contributed by atoms with Crippen molar-refractivity contribution in [3.63, 3.8) is 0 Å². The van der Waals surface area contributed by atoms with Gasteiger partial charge in [-0.1, -0.05) is 0 Å². The summed E-state index contributed by atoms with van der Waals surface area (Å²) in [5.74, 6) is -0.809. The number of nitrogens with zero attached hydrogens (tertiary/aromatic N) is 2. The van der Waals surface area contributed by atoms with Gasteiger partial charge in [0.2, 0.25) is 5.82 Å². The van der Waals surface area contributed by atoms with Gasteiger partial charge < -0.3 is 4.90 Å². The van der Waals surface area contributed by atoms with Gasteiger partial charge in [-0.15, -0.1) is 0 Å². The summed E-state index contributed by atoms with van der Waals surface area (Å²) in [6.45, 7) is 0. The second kappa shape index (κ2) is 3.38. The van der Waals surface area contributed by atoms with Crippen LogP contribution in [0.5, 0.6) is 0 Å². The van der Waals surface area contributed by atoms with E-state index >= 15 is 0 Å². The minimum atomic E-state index is -0.809. The fourth-order valence-electron chi connectivity index (χ4n) is 0.922. The lowest BCUT2D eigenvalue weighted by atomic mass is 10.2. The topological polar surface area (TPSA) is 46.4 Å². The first-order chi connectivity index (χ1) is 6.02. The van der Waals surface area contributed by atoms with Gasteiger partial charge in [0.1, 0.15) is 0 Å². The molecule has 0 spiro atoms. The third-order valence-corrected chi connectivity index (χ3v) is 1.64. The van der Waals surface area contributed by atoms with Crippen molar-refractivity contribution in [2.75, 3.05) is 19.0 Å². The molecule has 0 saturated heterocycles. The molecule has 70 valence electrons. The van der Waals surface area contributed by atoms with E-state index in [-0.39, 0.29) is 0 Å². The van der Waals surface area contributed by atoms with Crippen LogP contribution in [-0.2, 0) is 0 Å². The molecule has 5 heteroatoms. The molecule has 0 aliphatic rings. The van der Waals surface area contributed by atoms with E-state index in [4.69, 9.17) is 0 Å². The zero-order chi connectivity index (χ0) is 10.0. The van der Waals surface area contributed by atoms with E-state index in [1.54, 1.807) is 19.0 Å². The van der Waals surface area contributed by atoms with Crippen molar-refractivity contribution >= 4 is 11.4 Å². The Hall–Kier alpha value is -1.65. The SMILES string of the molecule is CN(C)c1ccc([N+](=O)[O-])c(F)c1. The summed E-state index contributed by atoms with van der Waals surface area (Å²) in [4.78, 5) is 11.2. The van der Waals surface area contributed by atoms with Gasteiger partial charge in [0.25, 0.3) is 0 Å². The van der Waals surface area contributed by atoms with Crippen molar-refractivity contribution < 1.29 is 9.31 Å². The molecule has 0 saturated carbocycles. The van der Waals surface area contributed by atoms with Crippen LogP contribution < -0.4 is 4.90 Å². The van der Waals surface area contributed by atoms with E-state index in [1.165, 1.54) is 6.07 Å². The van der Waals surface area contributed by atoms with E-state index in [0.29, 0.717) is 5.69 Å². The van der Waals surface area contributed by atoms with Gasteiger partial charge in [-0.25, -0.2) is 0 Å². The number of benzene rings is 1. The van der Waals surface area contributed by atoms with Gasteiger partial charge in [0, 0.05) is 31.9 Å². The molecule has 1 rings (SSSR count). The number of rotatable bonds is 2. The van der Waals surface area contributed by atoms with Crippen molar-refractivity contribution in [3.05, 3.63) is 34.1 Å². The third kappa shape index (κ3) is 1.93. The molecule has 0 atom stereocenters. The largest absolute Gasteiger partial charge is 0.378 e. The van der Waals surface area contributed by atoms with Crippen LogP contribution in [-0.4, -0.2) is 19.0 Å². The summed E-state index contributed by atoms with van der Waals surface area (Å²) < 4.78 is 13.0. The van der Waals surface area contributed by atoms with E-state index < -0.39 is 16.4 Å². The maximum Gasteiger partial charge on any atom is 0.304 e. The summed E-state index contributed by atoms with van der Waals surface area (Å²) in [7, 11) is 3.47. The quantitative estimate of drug-likeness (QED) is 0.520. The Balaban J connectivity index is 3.13. The lowest BCUT2D eigenvalue weighted by Gasteiger charge is -2.11. The van der Waals surface area contributed by atoms with Gasteiger partial charge in [-0.3, -0.25) is 10.1 Å². The zero-order valence-corrected chi connectivity index (χ0v) is 7.32. The highest BCUT2D eigenvalue weighted by molar-refractivity contribution is 5.50. The summed E-state index contributed by atoms with van der Waals surface area (Å²) >= 11 is 0. The van der Waals surface area contributed by atoms with Crippen LogP contribution in [0.1, 0.15) is 0 Å². The molecular weight excluding hydrogens is 175 g/mol. The molecule has 0 N–H and O–H groups in total. The number of anilines is 1. The molecule has 0 bridgehead atoms. The molecule has 13 heavy (non-hydrogen) atoms. The highest BCUT2D eigenvalue weighted by Gasteiger charge is 2.13. The Morgan fingerprint density at radius 3 is 2.46 bits per heavy atom. The van der Waals surface area contributed by atoms with Gasteiger partial charge in [-0.05, 0) is 6.07 Å². The minimum absolute atomic E-state index is 0.495. The molecule has 1 aromatic carbocycles. The Kier molecular flexibility index (Phi) is 2.46. The molecule has 1 aromatic rings. The summed E-state index contributed by atoms with van der Waals surface area (Å²) in [5, 5.41) is 10.3. The van der Waals surface area contributed by atoms with Gasteiger partial charge in [0.15, 0.2) is 0 Å². The standard InChI is InChI=1S/C8H9FN2O2/c1-10(2)6-3-4-8(11(12)13)7(9)5-6/h3-5H,1-2H3. The molecule has 0 fully saturated rings. The van der Waals surface area contributed by atoms with Gasteiger partial charge in [-0.2, -0.15) is 4.39 Å². The lowest BCUT2D eigenvalue weighted by Crippen LogP contribution is -2.09.